The average molecular weight is 488 g/mol. The summed E-state index contributed by atoms with van der Waals surface area (Å²) in [4.78, 5) is 34.5. The normalized spacial score (nSPS) is 13.7. The lowest BCUT2D eigenvalue weighted by atomic mass is 10.1. The maximum Gasteiger partial charge on any atom is 0.278 e. The van der Waals surface area contributed by atoms with Gasteiger partial charge in [0.2, 0.25) is 0 Å². The van der Waals surface area contributed by atoms with Crippen LogP contribution in [0.15, 0.2) is 52.9 Å². The molecule has 1 fully saturated rings. The molecule has 3 aromatic heterocycles. The molecule has 0 aliphatic carbocycles. The summed E-state index contributed by atoms with van der Waals surface area (Å²) < 4.78 is 8.47. The van der Waals surface area contributed by atoms with Crippen LogP contribution < -0.4 is 15.2 Å². The van der Waals surface area contributed by atoms with Crippen molar-refractivity contribution in [3.05, 3.63) is 74.5 Å². The van der Waals surface area contributed by atoms with Gasteiger partial charge in [-0.05, 0) is 42.8 Å². The topological polar surface area (TPSA) is 93.1 Å². The Bertz CT molecular complexity index is 1470. The Morgan fingerprint density at radius 2 is 2.03 bits per heavy atom. The third kappa shape index (κ3) is 4.33. The van der Waals surface area contributed by atoms with E-state index >= 15 is 0 Å². The van der Waals surface area contributed by atoms with Crippen molar-refractivity contribution >= 4 is 34.0 Å². The largest absolute Gasteiger partial charge is 0.497 e. The molecule has 1 saturated heterocycles. The number of nitrogens with zero attached hydrogens (tertiary/aromatic N) is 5. The number of benzene rings is 1. The minimum absolute atomic E-state index is 0.153. The Labute approximate surface area is 206 Å². The number of ether oxygens (including phenoxy) is 1. The second kappa shape index (κ2) is 9.76. The van der Waals surface area contributed by atoms with Gasteiger partial charge in [0.25, 0.3) is 5.56 Å². The Morgan fingerprint density at radius 3 is 2.74 bits per heavy atom. The third-order valence-corrected chi connectivity index (χ3v) is 7.23. The number of fused-ring (bicyclic) bond motifs is 1. The molecule has 0 atom stereocenters. The number of rotatable bonds is 7. The van der Waals surface area contributed by atoms with E-state index in [1.54, 1.807) is 42.7 Å². The van der Waals surface area contributed by atoms with Crippen molar-refractivity contribution in [2.24, 2.45) is 0 Å². The highest BCUT2D eigenvalue weighted by Crippen LogP contribution is 2.33. The molecule has 1 aliphatic heterocycles. The van der Waals surface area contributed by atoms with Gasteiger partial charge in [0.15, 0.2) is 5.78 Å². The summed E-state index contributed by atoms with van der Waals surface area (Å²) in [5.41, 5.74) is 1.29. The number of carbonyl (C=O) groups is 1. The standard InChI is InChI=1S/C26H25N5O3S/c1-34-19-8-5-7-18(13-19)22(32)16-30-17-28-23-21(14-27)25(29-10-3-2-4-11-29)31(24(23)26(30)33)15-20-9-6-12-35-20/h5-9,12-13,17H,2-4,10-11,15-16H2,1H3. The first-order valence-corrected chi connectivity index (χ1v) is 12.4. The van der Waals surface area contributed by atoms with Gasteiger partial charge in [0, 0.05) is 23.5 Å². The first-order valence-electron chi connectivity index (χ1n) is 11.6. The van der Waals surface area contributed by atoms with Crippen molar-refractivity contribution < 1.29 is 9.53 Å². The smallest absolute Gasteiger partial charge is 0.278 e. The van der Waals surface area contributed by atoms with Gasteiger partial charge in [0.1, 0.15) is 34.2 Å². The Kier molecular flexibility index (Phi) is 6.38. The maximum absolute atomic E-state index is 13.7. The van der Waals surface area contributed by atoms with Gasteiger partial charge >= 0.3 is 0 Å². The van der Waals surface area contributed by atoms with Gasteiger partial charge in [-0.2, -0.15) is 5.26 Å². The van der Waals surface area contributed by atoms with Gasteiger partial charge in [0.05, 0.1) is 26.5 Å². The molecule has 8 nitrogen and oxygen atoms in total. The number of nitriles is 1. The van der Waals surface area contributed by atoms with Crippen LogP contribution in [-0.4, -0.2) is 40.1 Å². The lowest BCUT2D eigenvalue weighted by Crippen LogP contribution is -2.32. The SMILES string of the molecule is COc1cccc(C(=O)Cn2cnc3c(C#N)c(N4CCCCC4)n(Cc4cccs4)c3c2=O)c1. The molecule has 0 amide bonds. The number of methoxy groups -OCH3 is 1. The maximum atomic E-state index is 13.7. The summed E-state index contributed by atoms with van der Waals surface area (Å²) in [5, 5.41) is 12.1. The van der Waals surface area contributed by atoms with E-state index in [1.165, 1.54) is 10.9 Å². The summed E-state index contributed by atoms with van der Waals surface area (Å²) in [6, 6.07) is 13.2. The fourth-order valence-electron chi connectivity index (χ4n) is 4.66. The van der Waals surface area contributed by atoms with Crippen molar-refractivity contribution in [2.75, 3.05) is 25.1 Å². The second-order valence-electron chi connectivity index (χ2n) is 8.55. The molecule has 0 saturated carbocycles. The highest BCUT2D eigenvalue weighted by atomic mass is 32.1. The fourth-order valence-corrected chi connectivity index (χ4v) is 5.35. The molecule has 4 heterocycles. The zero-order valence-corrected chi connectivity index (χ0v) is 20.3. The highest BCUT2D eigenvalue weighted by molar-refractivity contribution is 7.09. The molecule has 178 valence electrons. The molecule has 35 heavy (non-hydrogen) atoms. The van der Waals surface area contributed by atoms with Crippen LogP contribution in [0.1, 0.15) is 40.1 Å². The van der Waals surface area contributed by atoms with Crippen molar-refractivity contribution in [3.63, 3.8) is 0 Å². The van der Waals surface area contributed by atoms with E-state index in [0.29, 0.717) is 34.5 Å². The first-order chi connectivity index (χ1) is 17.1. The molecule has 1 aliphatic rings. The number of piperidine rings is 1. The van der Waals surface area contributed by atoms with Gasteiger partial charge in [-0.3, -0.25) is 14.2 Å². The summed E-state index contributed by atoms with van der Waals surface area (Å²) >= 11 is 1.60. The number of ketones is 1. The Balaban J connectivity index is 1.63. The summed E-state index contributed by atoms with van der Waals surface area (Å²) in [6.45, 7) is 1.97. The van der Waals surface area contributed by atoms with Crippen LogP contribution in [0.25, 0.3) is 11.0 Å². The molecule has 1 aromatic carbocycles. The number of carbonyl (C=O) groups excluding carboxylic acids is 1. The van der Waals surface area contributed by atoms with E-state index in [9.17, 15) is 14.9 Å². The van der Waals surface area contributed by atoms with E-state index in [1.807, 2.05) is 22.1 Å². The van der Waals surface area contributed by atoms with Crippen molar-refractivity contribution in [1.29, 1.82) is 5.26 Å². The number of hydrogen-bond donors (Lipinski definition) is 0. The predicted octanol–water partition coefficient (Wildman–Crippen LogP) is 4.06. The van der Waals surface area contributed by atoms with Crippen LogP contribution in [0.2, 0.25) is 0 Å². The third-order valence-electron chi connectivity index (χ3n) is 6.37. The summed E-state index contributed by atoms with van der Waals surface area (Å²) in [7, 11) is 1.54. The number of thiophene rings is 1. The highest BCUT2D eigenvalue weighted by Gasteiger charge is 2.27. The minimum Gasteiger partial charge on any atom is -0.497 e. The summed E-state index contributed by atoms with van der Waals surface area (Å²) in [5.74, 6) is 1.10. The van der Waals surface area contributed by atoms with Crippen molar-refractivity contribution in [3.8, 4) is 11.8 Å². The zero-order valence-electron chi connectivity index (χ0n) is 19.4. The van der Waals surface area contributed by atoms with Gasteiger partial charge in [-0.1, -0.05) is 18.2 Å². The fraction of sp³-hybridized carbons (Fsp3) is 0.308. The molecular formula is C26H25N5O3S. The molecule has 4 aromatic rings. The number of Topliss-reactive ketones (excluding diaryl/α,β-unsaturated/α-hetero) is 1. The number of aromatic nitrogens is 3. The molecule has 0 unspecified atom stereocenters. The van der Waals surface area contributed by atoms with E-state index in [0.717, 1.165) is 43.0 Å². The minimum atomic E-state index is -0.331. The van der Waals surface area contributed by atoms with Crippen LogP contribution in [0.3, 0.4) is 0 Å². The second-order valence-corrected chi connectivity index (χ2v) is 9.59. The van der Waals surface area contributed by atoms with E-state index in [-0.39, 0.29) is 17.9 Å². The van der Waals surface area contributed by atoms with E-state index in [4.69, 9.17) is 4.74 Å². The lowest BCUT2D eigenvalue weighted by Gasteiger charge is -2.30. The van der Waals surface area contributed by atoms with Crippen LogP contribution in [0, 0.1) is 11.3 Å². The molecule has 0 radical (unpaired) electrons. The van der Waals surface area contributed by atoms with Crippen LogP contribution in [0.5, 0.6) is 5.75 Å². The quantitative estimate of drug-likeness (QED) is 0.365. The molecule has 0 bridgehead atoms. The monoisotopic (exact) mass is 487 g/mol. The average Bonchev–Trinajstić information content (AvgIpc) is 3.52. The van der Waals surface area contributed by atoms with Crippen LogP contribution >= 0.6 is 11.3 Å². The zero-order chi connectivity index (χ0) is 24.4. The van der Waals surface area contributed by atoms with Gasteiger partial charge in [-0.25, -0.2) is 4.98 Å². The van der Waals surface area contributed by atoms with Crippen LogP contribution in [0.4, 0.5) is 5.82 Å². The Hall–Kier alpha value is -3.90. The predicted molar refractivity (Wildman–Crippen MR) is 136 cm³/mol. The van der Waals surface area contributed by atoms with E-state index in [2.05, 4.69) is 16.0 Å². The lowest BCUT2D eigenvalue weighted by molar-refractivity contribution is 0.0970. The van der Waals surface area contributed by atoms with Crippen molar-refractivity contribution in [2.45, 2.75) is 32.4 Å². The van der Waals surface area contributed by atoms with E-state index < -0.39 is 0 Å². The van der Waals surface area contributed by atoms with Crippen molar-refractivity contribution in [1.82, 2.24) is 14.1 Å². The number of anilines is 1. The van der Waals surface area contributed by atoms with Gasteiger partial charge < -0.3 is 14.2 Å². The Morgan fingerprint density at radius 1 is 1.20 bits per heavy atom. The molecule has 0 spiro atoms. The molecule has 5 rings (SSSR count). The molecular weight excluding hydrogens is 462 g/mol. The van der Waals surface area contributed by atoms with Crippen LogP contribution in [-0.2, 0) is 13.1 Å². The molecule has 9 heteroatoms. The molecule has 0 N–H and O–H groups in total. The summed E-state index contributed by atoms with van der Waals surface area (Å²) in [6.07, 6.45) is 4.61. The number of hydrogen-bond acceptors (Lipinski definition) is 7. The first kappa shape index (κ1) is 22.9. The van der Waals surface area contributed by atoms with Gasteiger partial charge in [-0.15, -0.1) is 11.3 Å².